The van der Waals surface area contributed by atoms with Crippen molar-refractivity contribution in [3.05, 3.63) is 200 Å². The maximum atomic E-state index is 5.18. The van der Waals surface area contributed by atoms with E-state index in [4.69, 9.17) is 15.0 Å². The lowest BCUT2D eigenvalue weighted by atomic mass is 10.0. The molecule has 0 saturated carbocycles. The molecule has 0 amide bonds. The summed E-state index contributed by atoms with van der Waals surface area (Å²) in [5, 5.41) is 4.81. The summed E-state index contributed by atoms with van der Waals surface area (Å²) in [5.41, 5.74) is 11.7. The third kappa shape index (κ3) is 5.21. The highest BCUT2D eigenvalue weighted by molar-refractivity contribution is 6.23. The molecule has 56 heavy (non-hydrogen) atoms. The first-order valence-electron chi connectivity index (χ1n) is 18.9. The Morgan fingerprint density at radius 2 is 0.661 bits per heavy atom. The van der Waals surface area contributed by atoms with Crippen molar-refractivity contribution in [2.75, 3.05) is 0 Å². The average Bonchev–Trinajstić information content (AvgIpc) is 3.80. The summed E-state index contributed by atoms with van der Waals surface area (Å²) in [7, 11) is 0. The van der Waals surface area contributed by atoms with Gasteiger partial charge in [-0.05, 0) is 53.6 Å². The van der Waals surface area contributed by atoms with Crippen LogP contribution in [0.5, 0.6) is 0 Å². The van der Waals surface area contributed by atoms with Gasteiger partial charge in [0.15, 0.2) is 17.5 Å². The second-order valence-corrected chi connectivity index (χ2v) is 14.1. The summed E-state index contributed by atoms with van der Waals surface area (Å²) in [6, 6.07) is 70.4. The number of para-hydroxylation sites is 3. The molecule has 5 nitrogen and oxygen atoms in total. The number of hydrogen-bond acceptors (Lipinski definition) is 3. The molecule has 0 radical (unpaired) electrons. The summed E-state index contributed by atoms with van der Waals surface area (Å²) in [4.78, 5) is 15.4. The maximum absolute atomic E-state index is 5.18. The Kier molecular flexibility index (Phi) is 7.42. The molecule has 0 saturated heterocycles. The molecule has 3 aromatic heterocycles. The van der Waals surface area contributed by atoms with Gasteiger partial charge in [-0.3, -0.25) is 0 Å². The fourth-order valence-electron chi connectivity index (χ4n) is 8.22. The highest BCUT2D eigenvalue weighted by Gasteiger charge is 2.22. The van der Waals surface area contributed by atoms with Crippen LogP contribution in [0.1, 0.15) is 0 Å². The van der Waals surface area contributed by atoms with Crippen LogP contribution in [-0.4, -0.2) is 24.1 Å². The Hall–Kier alpha value is -7.63. The van der Waals surface area contributed by atoms with E-state index in [-0.39, 0.29) is 0 Å². The number of nitrogens with zero attached hydrogens (tertiary/aromatic N) is 5. The van der Waals surface area contributed by atoms with E-state index in [0.717, 1.165) is 55.7 Å². The quantitative estimate of drug-likeness (QED) is 0.172. The minimum Gasteiger partial charge on any atom is -0.307 e. The molecule has 0 N–H and O–H groups in total. The van der Waals surface area contributed by atoms with E-state index >= 15 is 0 Å². The van der Waals surface area contributed by atoms with Crippen molar-refractivity contribution in [1.29, 1.82) is 0 Å². The van der Waals surface area contributed by atoms with Crippen LogP contribution in [0.25, 0.3) is 100 Å². The molecule has 0 spiro atoms. The van der Waals surface area contributed by atoms with Crippen molar-refractivity contribution in [3.63, 3.8) is 0 Å². The molecule has 0 aliphatic heterocycles. The average molecular weight is 716 g/mol. The molecule has 8 aromatic carbocycles. The highest BCUT2D eigenvalue weighted by Crippen LogP contribution is 2.42. The van der Waals surface area contributed by atoms with Gasteiger partial charge in [0.25, 0.3) is 0 Å². The minimum atomic E-state index is 0.612. The molecule has 5 heteroatoms. The molecule has 11 rings (SSSR count). The van der Waals surface area contributed by atoms with Crippen molar-refractivity contribution < 1.29 is 0 Å². The first kappa shape index (κ1) is 31.9. The fourth-order valence-corrected chi connectivity index (χ4v) is 8.22. The molecule has 0 atom stereocenters. The second kappa shape index (κ2) is 13.0. The van der Waals surface area contributed by atoms with E-state index < -0.39 is 0 Å². The summed E-state index contributed by atoms with van der Waals surface area (Å²) >= 11 is 0. The lowest BCUT2D eigenvalue weighted by Crippen LogP contribution is -2.02. The topological polar surface area (TPSA) is 48.5 Å². The van der Waals surface area contributed by atoms with Crippen LogP contribution in [0.15, 0.2) is 200 Å². The van der Waals surface area contributed by atoms with Gasteiger partial charge in [0.05, 0.1) is 22.1 Å². The Labute approximate surface area is 323 Å². The third-order valence-corrected chi connectivity index (χ3v) is 10.7. The number of rotatable bonds is 6. The van der Waals surface area contributed by atoms with E-state index in [1.54, 1.807) is 0 Å². The maximum Gasteiger partial charge on any atom is 0.164 e. The molecule has 0 unspecified atom stereocenters. The molecular weight excluding hydrogens is 683 g/mol. The van der Waals surface area contributed by atoms with E-state index in [1.165, 1.54) is 27.1 Å². The van der Waals surface area contributed by atoms with Gasteiger partial charge < -0.3 is 9.13 Å². The molecular formula is C51H33N5. The first-order chi connectivity index (χ1) is 27.8. The SMILES string of the molecule is c1ccc(-c2cc(-c3nc(-c4ccccc4)nc(-c4ccccc4)n3)cc(-n3c4ccccc4c4ccc5c6ccccc6n(-c6ccccc6)c5c43)c2)cc1. The van der Waals surface area contributed by atoms with Gasteiger partial charge in [0.1, 0.15) is 0 Å². The van der Waals surface area contributed by atoms with E-state index in [0.29, 0.717) is 17.5 Å². The van der Waals surface area contributed by atoms with Gasteiger partial charge in [0, 0.05) is 49.6 Å². The van der Waals surface area contributed by atoms with Gasteiger partial charge in [-0.2, -0.15) is 0 Å². The Bertz CT molecular complexity index is 3160. The number of aromatic nitrogens is 5. The van der Waals surface area contributed by atoms with E-state index in [1.807, 2.05) is 36.4 Å². The van der Waals surface area contributed by atoms with Crippen LogP contribution in [0.2, 0.25) is 0 Å². The van der Waals surface area contributed by atoms with E-state index in [2.05, 4.69) is 173 Å². The van der Waals surface area contributed by atoms with E-state index in [9.17, 15) is 0 Å². The van der Waals surface area contributed by atoms with Gasteiger partial charge in [-0.1, -0.05) is 158 Å². The van der Waals surface area contributed by atoms with Crippen molar-refractivity contribution in [2.24, 2.45) is 0 Å². The molecule has 0 bridgehead atoms. The molecule has 0 fully saturated rings. The monoisotopic (exact) mass is 715 g/mol. The van der Waals surface area contributed by atoms with Crippen molar-refractivity contribution in [1.82, 2.24) is 24.1 Å². The zero-order valence-electron chi connectivity index (χ0n) is 30.3. The molecule has 0 aliphatic carbocycles. The Morgan fingerprint density at radius 3 is 1.18 bits per heavy atom. The van der Waals surface area contributed by atoms with Crippen LogP contribution in [0, 0.1) is 0 Å². The van der Waals surface area contributed by atoms with Gasteiger partial charge >= 0.3 is 0 Å². The van der Waals surface area contributed by atoms with Crippen LogP contribution in [-0.2, 0) is 0 Å². The summed E-state index contributed by atoms with van der Waals surface area (Å²) in [6.45, 7) is 0. The highest BCUT2D eigenvalue weighted by atomic mass is 15.1. The lowest BCUT2D eigenvalue weighted by Gasteiger charge is -2.16. The van der Waals surface area contributed by atoms with Gasteiger partial charge in [-0.15, -0.1) is 0 Å². The smallest absolute Gasteiger partial charge is 0.164 e. The molecule has 0 aliphatic rings. The predicted octanol–water partition coefficient (Wildman–Crippen LogP) is 12.7. The largest absolute Gasteiger partial charge is 0.307 e. The minimum absolute atomic E-state index is 0.612. The first-order valence-corrected chi connectivity index (χ1v) is 18.9. The molecule has 11 aromatic rings. The number of fused-ring (bicyclic) bond motifs is 7. The zero-order valence-corrected chi connectivity index (χ0v) is 30.3. The summed E-state index contributed by atoms with van der Waals surface area (Å²) in [5.74, 6) is 1.88. The predicted molar refractivity (Wildman–Crippen MR) is 230 cm³/mol. The third-order valence-electron chi connectivity index (χ3n) is 10.7. The fraction of sp³-hybridized carbons (Fsp3) is 0. The number of hydrogen-bond donors (Lipinski definition) is 0. The number of benzene rings is 8. The lowest BCUT2D eigenvalue weighted by molar-refractivity contribution is 1.07. The van der Waals surface area contributed by atoms with Crippen LogP contribution >= 0.6 is 0 Å². The summed E-state index contributed by atoms with van der Waals surface area (Å²) in [6.07, 6.45) is 0. The van der Waals surface area contributed by atoms with Crippen LogP contribution in [0.3, 0.4) is 0 Å². The molecule has 3 heterocycles. The van der Waals surface area contributed by atoms with Crippen molar-refractivity contribution in [2.45, 2.75) is 0 Å². The second-order valence-electron chi connectivity index (χ2n) is 14.1. The van der Waals surface area contributed by atoms with Crippen LogP contribution in [0.4, 0.5) is 0 Å². The molecule has 262 valence electrons. The van der Waals surface area contributed by atoms with Crippen molar-refractivity contribution in [3.8, 4) is 56.7 Å². The van der Waals surface area contributed by atoms with Gasteiger partial charge in [-0.25, -0.2) is 15.0 Å². The zero-order chi connectivity index (χ0) is 37.0. The standard InChI is InChI=1S/C51H33N5/c1-5-17-34(18-6-1)37-31-38(51-53-49(35-19-7-2-8-20-35)52-50(54-51)36-21-9-3-10-22-36)33-40(32-37)56-46-28-16-14-26-42(46)44-30-29-43-41-25-13-15-27-45(41)55(47(43)48(44)56)39-23-11-4-12-24-39/h1-33H. The van der Waals surface area contributed by atoms with Gasteiger partial charge in [0.2, 0.25) is 0 Å². The Morgan fingerprint density at radius 1 is 0.268 bits per heavy atom. The normalized spacial score (nSPS) is 11.6. The summed E-state index contributed by atoms with van der Waals surface area (Å²) < 4.78 is 4.87. The Balaban J connectivity index is 1.26. The van der Waals surface area contributed by atoms with Crippen LogP contribution < -0.4 is 0 Å². The van der Waals surface area contributed by atoms with Crippen molar-refractivity contribution >= 4 is 43.6 Å².